The molecule has 0 aromatic heterocycles. The summed E-state index contributed by atoms with van der Waals surface area (Å²) < 4.78 is 5.28. The molecule has 0 bridgehead atoms. The van der Waals surface area contributed by atoms with Gasteiger partial charge in [0.05, 0.1) is 0 Å². The minimum atomic E-state index is -1.06. The molecule has 15 heavy (non-hydrogen) atoms. The minimum absolute atomic E-state index is 0.0156. The van der Waals surface area contributed by atoms with Crippen molar-refractivity contribution < 1.29 is 14.6 Å². The highest BCUT2D eigenvalue weighted by Crippen LogP contribution is 2.16. The number of aliphatic carboxylic acids is 1. The van der Waals surface area contributed by atoms with Gasteiger partial charge >= 0.3 is 5.97 Å². The molecule has 1 aromatic rings. The second-order valence-electron chi connectivity index (χ2n) is 3.58. The topological polar surface area (TPSA) is 72.5 Å². The summed E-state index contributed by atoms with van der Waals surface area (Å²) in [7, 11) is 0. The summed E-state index contributed by atoms with van der Waals surface area (Å²) in [6, 6.07) is 4.73. The number of rotatable bonds is 4. The predicted octanol–water partition coefficient (Wildman–Crippen LogP) is 1.09. The molecule has 4 heteroatoms. The Morgan fingerprint density at radius 3 is 2.40 bits per heavy atom. The van der Waals surface area contributed by atoms with Gasteiger partial charge in [-0.15, -0.1) is 0 Å². The molecule has 0 aliphatic rings. The van der Waals surface area contributed by atoms with Gasteiger partial charge in [-0.3, -0.25) is 4.79 Å². The lowest BCUT2D eigenvalue weighted by Crippen LogP contribution is -2.36. The fourth-order valence-electron chi connectivity index (χ4n) is 1.27. The molecule has 82 valence electrons. The lowest BCUT2D eigenvalue weighted by Gasteiger charge is -2.10. The first kappa shape index (κ1) is 11.5. The summed E-state index contributed by atoms with van der Waals surface area (Å²) in [5.41, 5.74) is 7.47. The average Bonchev–Trinajstić information content (AvgIpc) is 2.12. The number of carboxylic acids is 1. The Labute approximate surface area is 88.7 Å². The molecule has 1 unspecified atom stereocenters. The van der Waals surface area contributed by atoms with Crippen LogP contribution in [0, 0.1) is 13.8 Å². The molecular weight excluding hydrogens is 194 g/mol. The van der Waals surface area contributed by atoms with Gasteiger partial charge in [-0.1, -0.05) is 6.07 Å². The fraction of sp³-hybridized carbons (Fsp3) is 0.364. The molecule has 1 rings (SSSR count). The van der Waals surface area contributed by atoms with Crippen LogP contribution < -0.4 is 10.5 Å². The molecule has 0 saturated carbocycles. The van der Waals surface area contributed by atoms with Gasteiger partial charge in [0.2, 0.25) is 0 Å². The number of benzene rings is 1. The van der Waals surface area contributed by atoms with Gasteiger partial charge in [-0.2, -0.15) is 0 Å². The molecule has 0 radical (unpaired) electrons. The monoisotopic (exact) mass is 209 g/mol. The number of aryl methyl sites for hydroxylation is 2. The van der Waals surface area contributed by atoms with Crippen LogP contribution in [0.15, 0.2) is 18.2 Å². The molecule has 1 aromatic carbocycles. The van der Waals surface area contributed by atoms with E-state index in [0.29, 0.717) is 5.75 Å². The normalized spacial score (nSPS) is 12.2. The van der Waals surface area contributed by atoms with E-state index < -0.39 is 12.0 Å². The molecule has 3 N–H and O–H groups in total. The Morgan fingerprint density at radius 1 is 1.40 bits per heavy atom. The standard InChI is InChI=1S/C11H15NO3/c1-7-3-8(2)5-9(4-7)15-6-10(12)11(13)14/h3-5,10H,6,12H2,1-2H3,(H,13,14). The smallest absolute Gasteiger partial charge is 0.324 e. The van der Waals surface area contributed by atoms with E-state index in [1.807, 2.05) is 32.0 Å². The third-order valence-electron chi connectivity index (χ3n) is 1.94. The number of carboxylic acid groups (broad SMARTS) is 1. The van der Waals surface area contributed by atoms with Crippen molar-refractivity contribution in [3.63, 3.8) is 0 Å². The SMILES string of the molecule is Cc1cc(C)cc(OCC(N)C(=O)O)c1. The summed E-state index contributed by atoms with van der Waals surface area (Å²) in [4.78, 5) is 10.4. The largest absolute Gasteiger partial charge is 0.491 e. The summed E-state index contributed by atoms with van der Waals surface area (Å²) in [5.74, 6) is -0.399. The first-order chi connectivity index (χ1) is 6.99. The lowest BCUT2D eigenvalue weighted by atomic mass is 10.1. The van der Waals surface area contributed by atoms with Crippen molar-refractivity contribution in [3.8, 4) is 5.75 Å². The van der Waals surface area contributed by atoms with Crippen molar-refractivity contribution in [1.82, 2.24) is 0 Å². The molecular formula is C11H15NO3. The molecule has 0 aliphatic carbocycles. The zero-order chi connectivity index (χ0) is 11.4. The van der Waals surface area contributed by atoms with Crippen molar-refractivity contribution in [3.05, 3.63) is 29.3 Å². The molecule has 0 fully saturated rings. The molecule has 0 saturated heterocycles. The number of hydrogen-bond donors (Lipinski definition) is 2. The molecule has 0 spiro atoms. The van der Waals surface area contributed by atoms with Gasteiger partial charge in [-0.05, 0) is 37.1 Å². The van der Waals surface area contributed by atoms with Crippen LogP contribution in [0.2, 0.25) is 0 Å². The first-order valence-corrected chi connectivity index (χ1v) is 4.68. The van der Waals surface area contributed by atoms with E-state index in [2.05, 4.69) is 0 Å². The van der Waals surface area contributed by atoms with Gasteiger partial charge in [0, 0.05) is 0 Å². The lowest BCUT2D eigenvalue weighted by molar-refractivity contribution is -0.139. The van der Waals surface area contributed by atoms with E-state index in [1.54, 1.807) is 0 Å². The molecule has 0 heterocycles. The van der Waals surface area contributed by atoms with Gasteiger partial charge in [0.1, 0.15) is 18.4 Å². The highest BCUT2D eigenvalue weighted by molar-refractivity contribution is 5.73. The highest BCUT2D eigenvalue weighted by Gasteiger charge is 2.11. The van der Waals surface area contributed by atoms with Crippen molar-refractivity contribution in [2.45, 2.75) is 19.9 Å². The van der Waals surface area contributed by atoms with Crippen LogP contribution in [0.5, 0.6) is 5.75 Å². The van der Waals surface area contributed by atoms with Crippen molar-refractivity contribution >= 4 is 5.97 Å². The van der Waals surface area contributed by atoms with Crippen LogP contribution in [-0.4, -0.2) is 23.7 Å². The van der Waals surface area contributed by atoms with Crippen LogP contribution in [-0.2, 0) is 4.79 Å². The van der Waals surface area contributed by atoms with E-state index in [1.165, 1.54) is 0 Å². The Morgan fingerprint density at radius 2 is 1.93 bits per heavy atom. The van der Waals surface area contributed by atoms with Gasteiger partial charge in [0.25, 0.3) is 0 Å². The van der Waals surface area contributed by atoms with E-state index in [9.17, 15) is 4.79 Å². The van der Waals surface area contributed by atoms with Crippen molar-refractivity contribution in [2.75, 3.05) is 6.61 Å². The molecule has 0 aliphatic heterocycles. The highest BCUT2D eigenvalue weighted by atomic mass is 16.5. The van der Waals surface area contributed by atoms with Crippen LogP contribution in [0.3, 0.4) is 0 Å². The Kier molecular flexibility index (Phi) is 3.68. The maximum Gasteiger partial charge on any atom is 0.324 e. The van der Waals surface area contributed by atoms with Gasteiger partial charge in [0.15, 0.2) is 0 Å². The number of nitrogens with two attached hydrogens (primary N) is 1. The minimum Gasteiger partial charge on any atom is -0.491 e. The van der Waals surface area contributed by atoms with Crippen molar-refractivity contribution in [1.29, 1.82) is 0 Å². The van der Waals surface area contributed by atoms with E-state index in [-0.39, 0.29) is 6.61 Å². The van der Waals surface area contributed by atoms with E-state index in [0.717, 1.165) is 11.1 Å². The second-order valence-corrected chi connectivity index (χ2v) is 3.58. The van der Waals surface area contributed by atoms with E-state index >= 15 is 0 Å². The molecule has 0 amide bonds. The number of hydrogen-bond acceptors (Lipinski definition) is 3. The first-order valence-electron chi connectivity index (χ1n) is 4.68. The number of ether oxygens (including phenoxy) is 1. The Hall–Kier alpha value is -1.55. The summed E-state index contributed by atoms with van der Waals surface area (Å²) >= 11 is 0. The predicted molar refractivity (Wildman–Crippen MR) is 57.0 cm³/mol. The average molecular weight is 209 g/mol. The quantitative estimate of drug-likeness (QED) is 0.778. The third-order valence-corrected chi connectivity index (χ3v) is 1.94. The molecule has 1 atom stereocenters. The van der Waals surface area contributed by atoms with Crippen molar-refractivity contribution in [2.24, 2.45) is 5.73 Å². The summed E-state index contributed by atoms with van der Waals surface area (Å²) in [6.07, 6.45) is 0. The van der Waals surface area contributed by atoms with Crippen LogP contribution in [0.4, 0.5) is 0 Å². The maximum atomic E-state index is 10.4. The summed E-state index contributed by atoms with van der Waals surface area (Å²) in [6.45, 7) is 3.90. The third kappa shape index (κ3) is 3.59. The maximum absolute atomic E-state index is 10.4. The second kappa shape index (κ2) is 4.79. The fourth-order valence-corrected chi connectivity index (χ4v) is 1.27. The summed E-state index contributed by atoms with van der Waals surface area (Å²) in [5, 5.41) is 8.56. The molecule has 4 nitrogen and oxygen atoms in total. The number of carbonyl (C=O) groups is 1. The van der Waals surface area contributed by atoms with E-state index in [4.69, 9.17) is 15.6 Å². The van der Waals surface area contributed by atoms with Crippen LogP contribution in [0.25, 0.3) is 0 Å². The zero-order valence-corrected chi connectivity index (χ0v) is 8.86. The zero-order valence-electron chi connectivity index (χ0n) is 8.86. The van der Waals surface area contributed by atoms with Gasteiger partial charge < -0.3 is 15.6 Å². The Balaban J connectivity index is 2.61. The van der Waals surface area contributed by atoms with Crippen LogP contribution >= 0.6 is 0 Å². The van der Waals surface area contributed by atoms with Crippen LogP contribution in [0.1, 0.15) is 11.1 Å². The van der Waals surface area contributed by atoms with Gasteiger partial charge in [-0.25, -0.2) is 0 Å². The Bertz CT molecular complexity index is 343.